The fourth-order valence-corrected chi connectivity index (χ4v) is 18.1. The van der Waals surface area contributed by atoms with Crippen molar-refractivity contribution in [2.24, 2.45) is 34.0 Å². The number of hydrogen-bond donors (Lipinski definition) is 8. The zero-order chi connectivity index (χ0) is 101. The number of amides is 8. The Hall–Kier alpha value is -10.1. The molecule has 8 N–H and O–H groups in total. The molecule has 3 unspecified atom stereocenters. The predicted octanol–water partition coefficient (Wildman–Crippen LogP) is 21.3. The normalized spacial score (nSPS) is 16.9. The van der Waals surface area contributed by atoms with Crippen molar-refractivity contribution in [3.63, 3.8) is 0 Å². The van der Waals surface area contributed by atoms with E-state index >= 15 is 0 Å². The van der Waals surface area contributed by atoms with Gasteiger partial charge in [-0.2, -0.15) is 0 Å². The largest absolute Gasteiger partial charge is 0.356 e. The van der Waals surface area contributed by atoms with E-state index in [0.29, 0.717) is 74.4 Å². The Balaban J connectivity index is 0.000000766. The first-order chi connectivity index (χ1) is 62.3. The van der Waals surface area contributed by atoms with Gasteiger partial charge < -0.3 is 52.1 Å². The summed E-state index contributed by atoms with van der Waals surface area (Å²) in [6.07, 6.45) is 30.8. The molecule has 0 aromatic heterocycles. The maximum Gasteiger partial charge on any atom is 0.221 e. The maximum absolute atomic E-state index is 11.3. The quantitative estimate of drug-likeness (QED) is 0.0170. The molecule has 8 amide bonds. The highest BCUT2D eigenvalue weighted by Crippen LogP contribution is 2.46. The minimum atomic E-state index is -0.130. The van der Waals surface area contributed by atoms with Gasteiger partial charge in [0.05, 0.1) is 0 Å². The Bertz CT molecular complexity index is 4240. The minimum absolute atomic E-state index is 0.00989. The molecule has 0 radical (unpaired) electrons. The van der Waals surface area contributed by atoms with Crippen LogP contribution in [-0.2, 0) is 106 Å². The van der Waals surface area contributed by atoms with Gasteiger partial charge in [0.15, 0.2) is 0 Å². The number of unbranched alkanes of at least 4 members (excludes halogenated alkanes) is 4. The van der Waals surface area contributed by atoms with Crippen LogP contribution in [0.5, 0.6) is 0 Å². The summed E-state index contributed by atoms with van der Waals surface area (Å²) in [6.45, 7) is 47.9. The topological polar surface area (TPSA) is 335 Å². The zero-order valence-electron chi connectivity index (χ0n) is 86.3. The minimum Gasteiger partial charge on any atom is -0.356 e. The van der Waals surface area contributed by atoms with E-state index in [1.165, 1.54) is 89.7 Å². The van der Waals surface area contributed by atoms with Crippen molar-refractivity contribution < 1.29 is 67.1 Å². The van der Waals surface area contributed by atoms with Gasteiger partial charge in [0.1, 0.15) is 34.7 Å². The lowest BCUT2D eigenvalue weighted by Crippen LogP contribution is -2.49. The average molecular weight is 1840 g/mol. The monoisotopic (exact) mass is 1840 g/mol. The number of nitrogens with one attached hydrogen (secondary N) is 8. The van der Waals surface area contributed by atoms with E-state index in [1.807, 2.05) is 69.3 Å². The van der Waals surface area contributed by atoms with Crippen LogP contribution >= 0.6 is 0 Å². The first-order valence-electron chi connectivity index (χ1n) is 48.8. The van der Waals surface area contributed by atoms with Crippen molar-refractivity contribution in [2.45, 2.75) is 384 Å². The molecule has 3 aliphatic carbocycles. The van der Waals surface area contributed by atoms with E-state index in [0.717, 1.165) is 171 Å². The molecule has 0 saturated heterocycles. The smallest absolute Gasteiger partial charge is 0.221 e. The molecule has 5 aromatic rings. The second-order valence-corrected chi connectivity index (χ2v) is 40.0. The van der Waals surface area contributed by atoms with Crippen molar-refractivity contribution in [3.8, 4) is 11.1 Å². The van der Waals surface area contributed by atoms with Gasteiger partial charge in [-0.25, -0.2) is 0 Å². The maximum atomic E-state index is 11.3. The van der Waals surface area contributed by atoms with Crippen molar-refractivity contribution in [3.05, 3.63) is 153 Å². The number of aryl methyl sites for hydroxylation is 5. The van der Waals surface area contributed by atoms with Gasteiger partial charge in [-0.1, -0.05) is 172 Å². The summed E-state index contributed by atoms with van der Waals surface area (Å²) in [5, 5.41) is 23.0. The molecule has 3 fully saturated rings. The Morgan fingerprint density at radius 2 is 0.797 bits per heavy atom. The van der Waals surface area contributed by atoms with E-state index in [2.05, 4.69) is 146 Å². The molecule has 3 aliphatic rings. The number of hydrogen-bond acceptors (Lipinski definition) is 14. The van der Waals surface area contributed by atoms with Crippen LogP contribution in [0, 0.1) is 54.8 Å². The van der Waals surface area contributed by atoms with Gasteiger partial charge in [-0.3, -0.25) is 57.5 Å². The summed E-state index contributed by atoms with van der Waals surface area (Å²) in [4.78, 5) is 153. The molecule has 0 spiro atoms. The number of carbonyl (C=O) groups excluding carboxylic acids is 14. The molecule has 5 aromatic carbocycles. The van der Waals surface area contributed by atoms with Crippen LogP contribution in [0.1, 0.15) is 356 Å². The van der Waals surface area contributed by atoms with Crippen molar-refractivity contribution in [1.82, 2.24) is 31.9 Å². The molecule has 740 valence electrons. The fraction of sp³-hybridized carbons (Fsp3) is 0.604. The van der Waals surface area contributed by atoms with E-state index in [-0.39, 0.29) is 104 Å². The molecule has 0 bridgehead atoms. The van der Waals surface area contributed by atoms with Gasteiger partial charge >= 0.3 is 0 Å². The number of carbonyl (C=O) groups is 14. The molecule has 133 heavy (non-hydrogen) atoms. The van der Waals surface area contributed by atoms with Crippen LogP contribution in [0.2, 0.25) is 0 Å². The van der Waals surface area contributed by atoms with E-state index < -0.39 is 0 Å². The molecule has 8 rings (SSSR count). The fourth-order valence-electron chi connectivity index (χ4n) is 18.1. The van der Waals surface area contributed by atoms with Gasteiger partial charge in [-0.15, -0.1) is 0 Å². The highest BCUT2D eigenvalue weighted by atomic mass is 16.2. The Kier molecular flexibility index (Phi) is 59.5. The van der Waals surface area contributed by atoms with Crippen LogP contribution in [0.15, 0.2) is 103 Å². The van der Waals surface area contributed by atoms with E-state index in [9.17, 15) is 67.1 Å². The summed E-state index contributed by atoms with van der Waals surface area (Å²) < 4.78 is 0. The molecule has 3 saturated carbocycles. The Morgan fingerprint density at radius 3 is 1.17 bits per heavy atom. The molecule has 0 aliphatic heterocycles. The van der Waals surface area contributed by atoms with Crippen LogP contribution in [-0.4, -0.2) is 120 Å². The van der Waals surface area contributed by atoms with Crippen LogP contribution < -0.4 is 42.5 Å². The lowest BCUT2D eigenvalue weighted by molar-refractivity contribution is -0.122. The van der Waals surface area contributed by atoms with Crippen molar-refractivity contribution in [1.29, 1.82) is 0 Å². The second kappa shape index (κ2) is 65.5. The van der Waals surface area contributed by atoms with E-state index in [1.54, 1.807) is 82.2 Å². The number of Topliss-reactive ketones (excluding diaryl/α,β-unsaturated/α-hetero) is 6. The van der Waals surface area contributed by atoms with Crippen LogP contribution in [0.3, 0.4) is 0 Å². The lowest BCUT2D eigenvalue weighted by Gasteiger charge is -2.46. The van der Waals surface area contributed by atoms with Gasteiger partial charge in [0, 0.05) is 143 Å². The average Bonchev–Trinajstić information content (AvgIpc) is 0.797. The third kappa shape index (κ3) is 62.1. The summed E-state index contributed by atoms with van der Waals surface area (Å²) in [7, 11) is 0. The number of rotatable bonds is 38. The Morgan fingerprint density at radius 1 is 0.398 bits per heavy atom. The molecule has 22 nitrogen and oxygen atoms in total. The summed E-state index contributed by atoms with van der Waals surface area (Å²) in [5.74, 6) is 3.46. The number of benzene rings is 5. The lowest BCUT2D eigenvalue weighted by atomic mass is 9.62. The van der Waals surface area contributed by atoms with Gasteiger partial charge in [0.25, 0.3) is 0 Å². The van der Waals surface area contributed by atoms with Gasteiger partial charge in [-0.05, 0) is 298 Å². The van der Waals surface area contributed by atoms with Crippen LogP contribution in [0.25, 0.3) is 11.1 Å². The zero-order valence-corrected chi connectivity index (χ0v) is 86.3. The molecule has 0 heterocycles. The second-order valence-electron chi connectivity index (χ2n) is 40.0. The highest BCUT2D eigenvalue weighted by Gasteiger charge is 2.42. The molecular weight excluding hydrogens is 1670 g/mol. The van der Waals surface area contributed by atoms with E-state index in [4.69, 9.17) is 0 Å². The molecule has 22 heteroatoms. The van der Waals surface area contributed by atoms with Gasteiger partial charge in [0.2, 0.25) is 47.3 Å². The summed E-state index contributed by atoms with van der Waals surface area (Å²) in [5.41, 5.74) is 14.6. The summed E-state index contributed by atoms with van der Waals surface area (Å²) in [6, 6.07) is 35.4. The first kappa shape index (κ1) is 121. The number of anilines is 2. The third-order valence-electron chi connectivity index (χ3n) is 23.5. The summed E-state index contributed by atoms with van der Waals surface area (Å²) >= 11 is 0. The van der Waals surface area contributed by atoms with Crippen molar-refractivity contribution >= 4 is 93.3 Å². The standard InChI is InChI=1S/C20H22O2.C17H30N2O2.C14H26N2O2.C14H27NO2.C12H14O2.C12H18.C11H14N2O2.C11H21NO2/c1-13-9-19(7-5-17(13)11-15(3)21)20-8-6-18(12-16(4)22)14(2)10-20;1-12(20)18-16-7-3-14(4-8-16)11-15-5-9-17(10-6-15)19-13(2)21;1-10(17)15-9-14(5)7-12(16-11(2)18)6-13(3,4)8-14;1-11(10-15-13(3)17)9-14(4,5)8-6-7-12(2)16;1-9(13)7-11-3-5-12(6-4-11)8-10(2)14;1-3-6-11-8-5-9-12(10-11)7-4-2;1-7-4-10(12-8(2)14)6-11(5-7)13-9(3)15;1-10(13)8-6-4-3-5-7-9-12-11(2)14/h5-10H,11-12H2,1-4H3;14-17H,3-11H2,1-2H3,(H,18,20)(H,19,21);12H,6-9H2,1-5H3,(H,15,17)(H,16,18);11H,6-10H2,1-5H3,(H,15,17);3-6H,7-8H2,1-2H3;5,8-10H,3-4,6-7H2,1-2H3;4-6H,1-3H3,(H,12,14)(H,13,15);3-9H2,1-2H3,(H,12,14). The van der Waals surface area contributed by atoms with Crippen molar-refractivity contribution in [2.75, 3.05) is 30.3 Å². The molecular formula is C111H172N8O14. The van der Waals surface area contributed by atoms with Crippen LogP contribution in [0.4, 0.5) is 11.4 Å². The number of ketones is 6. The third-order valence-corrected chi connectivity index (χ3v) is 23.5. The first-order valence-corrected chi connectivity index (χ1v) is 48.8. The highest BCUT2D eigenvalue weighted by molar-refractivity contribution is 5.93. The predicted molar refractivity (Wildman–Crippen MR) is 543 cm³/mol. The SMILES string of the molecule is CC(=O)CCCC(C)(C)CC(C)CNC(C)=O.CC(=O)CCCCCCCNC(C)=O.CC(=O)Cc1ccc(-c2ccc(CC(C)=O)c(C)c2)cc1C.CC(=O)Cc1ccc(CC(C)=O)cc1.CC(=O)NC1CCC(CC2CCC(NC(C)=O)CC2)CC1.CC(=O)NCC1(C)CC(NC(C)=O)CC(C)(C)C1.CC(=O)Nc1cc(C)cc(NC(C)=O)c1.CCCc1cccc(CCC)c1. The molecule has 3 atom stereocenters. The Labute approximate surface area is 800 Å².